The highest BCUT2D eigenvalue weighted by Gasteiger charge is 2.05. The molecule has 0 amide bonds. The lowest BCUT2D eigenvalue weighted by atomic mass is 10.1. The molecule has 0 atom stereocenters. The third-order valence-corrected chi connectivity index (χ3v) is 3.55. The molecule has 0 bridgehead atoms. The number of nitrogens with one attached hydrogen (secondary N) is 1. The second-order valence-corrected chi connectivity index (χ2v) is 5.05. The van der Waals surface area contributed by atoms with Crippen LogP contribution in [-0.4, -0.2) is 26.2 Å². The number of nitrogens with zero attached hydrogens (tertiary/aromatic N) is 3. The van der Waals surface area contributed by atoms with Gasteiger partial charge < -0.3 is 10.4 Å². The van der Waals surface area contributed by atoms with Crippen molar-refractivity contribution < 1.29 is 5.11 Å². The predicted molar refractivity (Wildman–Crippen MR) is 81.2 cm³/mol. The Labute approximate surface area is 123 Å². The Bertz CT molecular complexity index is 751. The van der Waals surface area contributed by atoms with Crippen LogP contribution in [0.15, 0.2) is 42.6 Å². The van der Waals surface area contributed by atoms with Crippen LogP contribution in [0.2, 0.25) is 0 Å². The van der Waals surface area contributed by atoms with Crippen LogP contribution in [0.1, 0.15) is 17.0 Å². The van der Waals surface area contributed by atoms with Crippen molar-refractivity contribution in [2.45, 2.75) is 19.9 Å². The Kier molecular flexibility index (Phi) is 3.83. The van der Waals surface area contributed by atoms with Crippen LogP contribution < -0.4 is 5.32 Å². The quantitative estimate of drug-likeness (QED) is 0.703. The van der Waals surface area contributed by atoms with E-state index in [1.807, 2.05) is 53.9 Å². The minimum atomic E-state index is 0.373. The number of phenolic OH excluding ortho intramolecular Hbond substituents is 1. The average Bonchev–Trinajstić information content (AvgIpc) is 2.91. The van der Waals surface area contributed by atoms with E-state index in [0.29, 0.717) is 12.3 Å². The standard InChI is InChI=1S/C16H18N4O/c1-12-5-4-6-13(16(12)21)11-17-9-8-15-19-18-14-7-2-3-10-20(14)15/h2-7,10,17,21H,8-9,11H2,1H3. The molecule has 0 aliphatic heterocycles. The molecule has 0 unspecified atom stereocenters. The van der Waals surface area contributed by atoms with Gasteiger partial charge in [0.1, 0.15) is 11.6 Å². The molecule has 0 saturated carbocycles. The maximum Gasteiger partial charge on any atom is 0.160 e. The van der Waals surface area contributed by atoms with Gasteiger partial charge in [-0.1, -0.05) is 24.3 Å². The Morgan fingerprint density at radius 3 is 2.95 bits per heavy atom. The molecule has 0 radical (unpaired) electrons. The molecule has 3 aromatic rings. The van der Waals surface area contributed by atoms with E-state index in [9.17, 15) is 5.11 Å². The van der Waals surface area contributed by atoms with Gasteiger partial charge in [0.05, 0.1) is 0 Å². The van der Waals surface area contributed by atoms with Crippen LogP contribution >= 0.6 is 0 Å². The zero-order valence-electron chi connectivity index (χ0n) is 12.0. The molecule has 108 valence electrons. The minimum absolute atomic E-state index is 0.373. The highest BCUT2D eigenvalue weighted by atomic mass is 16.3. The van der Waals surface area contributed by atoms with Gasteiger partial charge in [-0.2, -0.15) is 0 Å². The summed E-state index contributed by atoms with van der Waals surface area (Å²) < 4.78 is 1.99. The van der Waals surface area contributed by atoms with Crippen molar-refractivity contribution in [3.8, 4) is 5.75 Å². The highest BCUT2D eigenvalue weighted by molar-refractivity contribution is 5.39. The molecule has 2 aromatic heterocycles. The summed E-state index contributed by atoms with van der Waals surface area (Å²) >= 11 is 0. The first-order valence-corrected chi connectivity index (χ1v) is 7.02. The van der Waals surface area contributed by atoms with Crippen LogP contribution in [0, 0.1) is 6.92 Å². The van der Waals surface area contributed by atoms with Crippen molar-refractivity contribution in [1.29, 1.82) is 0 Å². The van der Waals surface area contributed by atoms with Gasteiger partial charge in [-0.05, 0) is 24.6 Å². The molecular formula is C16H18N4O. The number of aromatic hydroxyl groups is 1. The SMILES string of the molecule is Cc1cccc(CNCCc2nnc3ccccn23)c1O. The fourth-order valence-corrected chi connectivity index (χ4v) is 2.35. The molecule has 5 nitrogen and oxygen atoms in total. The summed E-state index contributed by atoms with van der Waals surface area (Å²) in [4.78, 5) is 0. The average molecular weight is 282 g/mol. The first-order chi connectivity index (χ1) is 10.3. The van der Waals surface area contributed by atoms with Gasteiger partial charge in [0.2, 0.25) is 0 Å². The monoisotopic (exact) mass is 282 g/mol. The van der Waals surface area contributed by atoms with Crippen molar-refractivity contribution in [1.82, 2.24) is 19.9 Å². The molecule has 0 fully saturated rings. The van der Waals surface area contributed by atoms with Crippen LogP contribution in [0.25, 0.3) is 5.65 Å². The number of para-hydroxylation sites is 1. The van der Waals surface area contributed by atoms with E-state index in [-0.39, 0.29) is 0 Å². The van der Waals surface area contributed by atoms with E-state index in [4.69, 9.17) is 0 Å². The number of fused-ring (bicyclic) bond motifs is 1. The first kappa shape index (κ1) is 13.6. The summed E-state index contributed by atoms with van der Waals surface area (Å²) in [5, 5.41) is 21.6. The number of benzene rings is 1. The molecule has 0 saturated heterocycles. The van der Waals surface area contributed by atoms with E-state index in [2.05, 4.69) is 15.5 Å². The van der Waals surface area contributed by atoms with Crippen molar-refractivity contribution in [2.24, 2.45) is 0 Å². The summed E-state index contributed by atoms with van der Waals surface area (Å²) in [6, 6.07) is 11.7. The summed E-state index contributed by atoms with van der Waals surface area (Å²) in [6.45, 7) is 3.33. The number of phenols is 1. The summed E-state index contributed by atoms with van der Waals surface area (Å²) in [7, 11) is 0. The minimum Gasteiger partial charge on any atom is -0.507 e. The first-order valence-electron chi connectivity index (χ1n) is 7.02. The van der Waals surface area contributed by atoms with E-state index >= 15 is 0 Å². The van der Waals surface area contributed by atoms with E-state index in [1.165, 1.54) is 0 Å². The maximum atomic E-state index is 9.96. The number of rotatable bonds is 5. The van der Waals surface area contributed by atoms with Gasteiger partial charge in [0, 0.05) is 31.3 Å². The zero-order chi connectivity index (χ0) is 14.7. The molecule has 21 heavy (non-hydrogen) atoms. The Balaban J connectivity index is 1.58. The number of aromatic nitrogens is 3. The van der Waals surface area contributed by atoms with Crippen molar-refractivity contribution in [3.63, 3.8) is 0 Å². The largest absolute Gasteiger partial charge is 0.507 e. The van der Waals surface area contributed by atoms with Crippen LogP contribution in [-0.2, 0) is 13.0 Å². The molecule has 0 aliphatic carbocycles. The van der Waals surface area contributed by atoms with Gasteiger partial charge in [-0.15, -0.1) is 10.2 Å². The predicted octanol–water partition coefficient (Wildman–Crippen LogP) is 2.08. The van der Waals surface area contributed by atoms with Gasteiger partial charge in [-0.3, -0.25) is 4.40 Å². The second kappa shape index (κ2) is 5.93. The smallest absolute Gasteiger partial charge is 0.160 e. The molecule has 2 heterocycles. The van der Waals surface area contributed by atoms with E-state index in [0.717, 1.165) is 35.6 Å². The maximum absolute atomic E-state index is 9.96. The number of aryl methyl sites for hydroxylation is 1. The molecule has 3 rings (SSSR count). The third kappa shape index (κ3) is 2.87. The number of hydrogen-bond acceptors (Lipinski definition) is 4. The topological polar surface area (TPSA) is 62.5 Å². The lowest BCUT2D eigenvalue weighted by molar-refractivity contribution is 0.460. The van der Waals surface area contributed by atoms with Crippen LogP contribution in [0.4, 0.5) is 0 Å². The lowest BCUT2D eigenvalue weighted by Gasteiger charge is -2.08. The van der Waals surface area contributed by atoms with Gasteiger partial charge in [0.25, 0.3) is 0 Å². The lowest BCUT2D eigenvalue weighted by Crippen LogP contribution is -2.18. The fourth-order valence-electron chi connectivity index (χ4n) is 2.35. The Morgan fingerprint density at radius 2 is 2.05 bits per heavy atom. The molecule has 2 N–H and O–H groups in total. The van der Waals surface area contributed by atoms with Crippen LogP contribution in [0.5, 0.6) is 5.75 Å². The molecular weight excluding hydrogens is 264 g/mol. The normalized spacial score (nSPS) is 11.1. The number of pyridine rings is 1. The van der Waals surface area contributed by atoms with Crippen molar-refractivity contribution >= 4 is 5.65 Å². The third-order valence-electron chi connectivity index (χ3n) is 3.55. The molecule has 0 aliphatic rings. The summed E-state index contributed by atoms with van der Waals surface area (Å²) in [6.07, 6.45) is 2.76. The van der Waals surface area contributed by atoms with Gasteiger partial charge >= 0.3 is 0 Å². The summed E-state index contributed by atoms with van der Waals surface area (Å²) in [5.74, 6) is 1.31. The van der Waals surface area contributed by atoms with Crippen molar-refractivity contribution in [3.05, 3.63) is 59.5 Å². The van der Waals surface area contributed by atoms with Crippen LogP contribution in [0.3, 0.4) is 0 Å². The van der Waals surface area contributed by atoms with E-state index in [1.54, 1.807) is 0 Å². The highest BCUT2D eigenvalue weighted by Crippen LogP contribution is 2.20. The molecule has 5 heteroatoms. The molecule has 1 aromatic carbocycles. The Morgan fingerprint density at radius 1 is 1.14 bits per heavy atom. The van der Waals surface area contributed by atoms with Gasteiger partial charge in [0.15, 0.2) is 5.65 Å². The van der Waals surface area contributed by atoms with Crippen molar-refractivity contribution in [2.75, 3.05) is 6.54 Å². The second-order valence-electron chi connectivity index (χ2n) is 5.05. The number of hydrogen-bond donors (Lipinski definition) is 2. The zero-order valence-corrected chi connectivity index (χ0v) is 12.0. The van der Waals surface area contributed by atoms with E-state index < -0.39 is 0 Å². The molecule has 0 spiro atoms. The summed E-state index contributed by atoms with van der Waals surface area (Å²) in [5.41, 5.74) is 2.68. The van der Waals surface area contributed by atoms with Gasteiger partial charge in [-0.25, -0.2) is 0 Å². The fraction of sp³-hybridized carbons (Fsp3) is 0.250. The Hall–Kier alpha value is -2.40.